The molecule has 2 rings (SSSR count). The van der Waals surface area contributed by atoms with E-state index in [-0.39, 0.29) is 0 Å². The number of benzene rings is 1. The molecule has 1 aromatic heterocycles. The van der Waals surface area contributed by atoms with Crippen LogP contribution in [-0.2, 0) is 0 Å². The van der Waals surface area contributed by atoms with Gasteiger partial charge in [0.15, 0.2) is 0 Å². The maximum atomic E-state index is 5.75. The fourth-order valence-corrected chi connectivity index (χ4v) is 1.39. The van der Waals surface area contributed by atoms with Gasteiger partial charge in [0.25, 0.3) is 0 Å². The van der Waals surface area contributed by atoms with Gasteiger partial charge in [-0.1, -0.05) is 22.7 Å². The molecule has 70 valence electrons. The van der Waals surface area contributed by atoms with Crippen LogP contribution in [0, 0.1) is 0 Å². The topological polar surface area (TPSA) is 64.2 Å². The van der Waals surface area contributed by atoms with Crippen molar-refractivity contribution in [3.8, 4) is 0 Å². The number of rotatable bonds is 2. The van der Waals surface area contributed by atoms with Gasteiger partial charge in [0.2, 0.25) is 0 Å². The predicted molar refractivity (Wildman–Crippen MR) is 56.7 cm³/mol. The maximum absolute atomic E-state index is 5.75. The first kappa shape index (κ1) is 8.83. The zero-order chi connectivity index (χ0) is 9.80. The Kier molecular flexibility index (Phi) is 2.51. The molecule has 0 aliphatic rings. The second-order valence-corrected chi connectivity index (χ2v) is 3.40. The fourth-order valence-electron chi connectivity index (χ4n) is 0.977. The summed E-state index contributed by atoms with van der Waals surface area (Å²) < 4.78 is 3.72. The Bertz CT molecular complexity index is 421. The Morgan fingerprint density at radius 1 is 1.29 bits per heavy atom. The molecule has 2 N–H and O–H groups in total. The van der Waals surface area contributed by atoms with Gasteiger partial charge in [-0.2, -0.15) is 0 Å². The van der Waals surface area contributed by atoms with Crippen molar-refractivity contribution in [3.05, 3.63) is 41.4 Å². The van der Waals surface area contributed by atoms with Gasteiger partial charge in [-0.15, -0.1) is 5.10 Å². The van der Waals surface area contributed by atoms with E-state index in [9.17, 15) is 0 Å². The Hall–Kier alpha value is -1.75. The number of aliphatic imine (C=N–C) groups is 1. The Morgan fingerprint density at radius 2 is 2.07 bits per heavy atom. The minimum absolute atomic E-state index is 0.450. The van der Waals surface area contributed by atoms with Crippen LogP contribution in [-0.4, -0.2) is 15.4 Å². The van der Waals surface area contributed by atoms with Crippen LogP contribution >= 0.6 is 11.5 Å². The Morgan fingerprint density at radius 3 is 2.71 bits per heavy atom. The molecule has 0 saturated heterocycles. The largest absolute Gasteiger partial charge is 0.382 e. The van der Waals surface area contributed by atoms with Crippen molar-refractivity contribution >= 4 is 23.1 Å². The van der Waals surface area contributed by atoms with Crippen molar-refractivity contribution in [2.24, 2.45) is 10.7 Å². The second-order valence-electron chi connectivity index (χ2n) is 2.61. The van der Waals surface area contributed by atoms with Crippen LogP contribution in [0.5, 0.6) is 0 Å². The monoisotopic (exact) mass is 204 g/mol. The summed E-state index contributed by atoms with van der Waals surface area (Å²) in [6.07, 6.45) is 1.60. The van der Waals surface area contributed by atoms with Crippen molar-refractivity contribution in [2.75, 3.05) is 0 Å². The highest BCUT2D eigenvalue weighted by Crippen LogP contribution is 2.12. The highest BCUT2D eigenvalue weighted by Gasteiger charge is 2.00. The van der Waals surface area contributed by atoms with Gasteiger partial charge in [0.1, 0.15) is 10.7 Å². The third kappa shape index (κ3) is 1.94. The first-order chi connectivity index (χ1) is 6.86. The molecule has 5 heteroatoms. The zero-order valence-electron chi connectivity index (χ0n) is 7.29. The molecule has 1 aromatic carbocycles. The van der Waals surface area contributed by atoms with Gasteiger partial charge in [-0.3, -0.25) is 0 Å². The van der Waals surface area contributed by atoms with Crippen LogP contribution in [0.4, 0.5) is 5.69 Å². The lowest BCUT2D eigenvalue weighted by Gasteiger charge is -1.95. The number of hydrogen-bond donors (Lipinski definition) is 1. The maximum Gasteiger partial charge on any atom is 0.144 e. The van der Waals surface area contributed by atoms with E-state index in [0.29, 0.717) is 5.84 Å². The molecule has 0 saturated carbocycles. The third-order valence-corrected chi connectivity index (χ3v) is 2.31. The summed E-state index contributed by atoms with van der Waals surface area (Å²) in [6, 6.07) is 9.54. The van der Waals surface area contributed by atoms with E-state index in [1.165, 1.54) is 11.5 Å². The summed E-state index contributed by atoms with van der Waals surface area (Å²) in [5.41, 5.74) is 6.58. The van der Waals surface area contributed by atoms with Gasteiger partial charge < -0.3 is 5.73 Å². The van der Waals surface area contributed by atoms with Crippen molar-refractivity contribution in [3.63, 3.8) is 0 Å². The van der Waals surface area contributed by atoms with Crippen molar-refractivity contribution in [1.29, 1.82) is 0 Å². The summed E-state index contributed by atoms with van der Waals surface area (Å²) in [5.74, 6) is 0.450. The van der Waals surface area contributed by atoms with Gasteiger partial charge >= 0.3 is 0 Å². The molecule has 0 spiro atoms. The summed E-state index contributed by atoms with van der Waals surface area (Å²) in [4.78, 5) is 5.01. The predicted octanol–water partition coefficient (Wildman–Crippen LogP) is 1.58. The van der Waals surface area contributed by atoms with Crippen molar-refractivity contribution < 1.29 is 0 Å². The van der Waals surface area contributed by atoms with Crippen LogP contribution in [0.25, 0.3) is 0 Å². The summed E-state index contributed by atoms with van der Waals surface area (Å²) in [6.45, 7) is 0. The molecule has 1 heterocycles. The number of nitrogens with two attached hydrogens (primary N) is 1. The van der Waals surface area contributed by atoms with Gasteiger partial charge in [0.05, 0.1) is 11.9 Å². The van der Waals surface area contributed by atoms with E-state index < -0.39 is 0 Å². The zero-order valence-corrected chi connectivity index (χ0v) is 8.11. The fraction of sp³-hybridized carbons (Fsp3) is 0. The summed E-state index contributed by atoms with van der Waals surface area (Å²) >= 11 is 1.23. The smallest absolute Gasteiger partial charge is 0.144 e. The van der Waals surface area contributed by atoms with Crippen LogP contribution in [0.1, 0.15) is 4.88 Å². The number of hydrogen-bond acceptors (Lipinski definition) is 4. The lowest BCUT2D eigenvalue weighted by atomic mass is 10.3. The molecule has 0 aliphatic heterocycles. The number of aromatic nitrogens is 2. The van der Waals surface area contributed by atoms with E-state index in [4.69, 9.17) is 5.73 Å². The molecule has 0 bridgehead atoms. The Balaban J connectivity index is 2.28. The number of para-hydroxylation sites is 1. The van der Waals surface area contributed by atoms with Gasteiger partial charge in [-0.25, -0.2) is 4.99 Å². The molecule has 0 atom stereocenters. The highest BCUT2D eigenvalue weighted by atomic mass is 32.1. The standard InChI is InChI=1S/C9H8N4S/c10-9(8-6-11-13-14-8)12-7-4-2-1-3-5-7/h1-6H,(H2,10,12). The molecule has 0 fully saturated rings. The van der Waals surface area contributed by atoms with Crippen LogP contribution in [0.15, 0.2) is 41.5 Å². The van der Waals surface area contributed by atoms with Crippen LogP contribution in [0.2, 0.25) is 0 Å². The van der Waals surface area contributed by atoms with E-state index in [2.05, 4.69) is 14.6 Å². The third-order valence-electron chi connectivity index (χ3n) is 1.62. The molecule has 0 unspecified atom stereocenters. The van der Waals surface area contributed by atoms with Crippen LogP contribution in [0.3, 0.4) is 0 Å². The molecule has 4 nitrogen and oxygen atoms in total. The summed E-state index contributed by atoms with van der Waals surface area (Å²) in [7, 11) is 0. The van der Waals surface area contributed by atoms with Gasteiger partial charge in [0, 0.05) is 0 Å². The molecular formula is C9H8N4S. The normalized spacial score (nSPS) is 11.6. The molecule has 0 aliphatic carbocycles. The van der Waals surface area contributed by atoms with E-state index >= 15 is 0 Å². The van der Waals surface area contributed by atoms with E-state index in [1.807, 2.05) is 30.3 Å². The summed E-state index contributed by atoms with van der Waals surface area (Å²) in [5, 5.41) is 3.69. The Labute approximate surface area is 85.3 Å². The number of amidine groups is 1. The lowest BCUT2D eigenvalue weighted by molar-refractivity contribution is 1.15. The minimum Gasteiger partial charge on any atom is -0.382 e. The first-order valence-electron chi connectivity index (χ1n) is 4.03. The quantitative estimate of drug-likeness (QED) is 0.596. The minimum atomic E-state index is 0.450. The van der Waals surface area contributed by atoms with E-state index in [0.717, 1.165) is 10.6 Å². The molecule has 14 heavy (non-hydrogen) atoms. The molecular weight excluding hydrogens is 196 g/mol. The average Bonchev–Trinajstić information content (AvgIpc) is 2.72. The average molecular weight is 204 g/mol. The van der Waals surface area contributed by atoms with Crippen molar-refractivity contribution in [2.45, 2.75) is 0 Å². The second kappa shape index (κ2) is 3.97. The highest BCUT2D eigenvalue weighted by molar-refractivity contribution is 7.07. The van der Waals surface area contributed by atoms with Gasteiger partial charge in [-0.05, 0) is 23.7 Å². The van der Waals surface area contributed by atoms with Crippen molar-refractivity contribution in [1.82, 2.24) is 9.59 Å². The number of nitrogens with zero attached hydrogens (tertiary/aromatic N) is 3. The van der Waals surface area contributed by atoms with Crippen LogP contribution < -0.4 is 5.73 Å². The lowest BCUT2D eigenvalue weighted by Crippen LogP contribution is -2.10. The molecule has 0 radical (unpaired) electrons. The first-order valence-corrected chi connectivity index (χ1v) is 4.80. The van der Waals surface area contributed by atoms with E-state index in [1.54, 1.807) is 6.20 Å². The molecule has 2 aromatic rings. The molecule has 0 amide bonds. The SMILES string of the molecule is NC(=Nc1ccccc1)c1cnns1.